The molecule has 1 aromatic carbocycles. The highest BCUT2D eigenvalue weighted by molar-refractivity contribution is 6.01. The number of hydrogen-bond donors (Lipinski definition) is 1. The Morgan fingerprint density at radius 1 is 1.22 bits per heavy atom. The summed E-state index contributed by atoms with van der Waals surface area (Å²) in [7, 11) is 1.58. The van der Waals surface area contributed by atoms with Crippen molar-refractivity contribution in [3.63, 3.8) is 0 Å². The molecular weight excluding hydrogens is 318 g/mol. The largest absolute Gasteiger partial charge is 0.396 e. The van der Waals surface area contributed by atoms with Crippen LogP contribution in [0.2, 0.25) is 0 Å². The van der Waals surface area contributed by atoms with Crippen LogP contribution in [-0.2, 0) is 11.3 Å². The molecule has 0 spiro atoms. The standard InChI is InChI=1S/C15H15N5O2.ClH/c1-19-9-13(21)20(15(19)22)8-12-17-7-11(16)14(18-12)10-5-3-2-4-6-10;/h2-7H,8-9,16H2,1H3;1H. The number of likely N-dealkylation sites (N-methyl/N-ethyl adjacent to an activating group) is 1. The summed E-state index contributed by atoms with van der Waals surface area (Å²) in [6, 6.07) is 9.12. The Bertz CT molecular complexity index is 738. The summed E-state index contributed by atoms with van der Waals surface area (Å²) in [4.78, 5) is 34.7. The average molecular weight is 334 g/mol. The third-order valence-electron chi connectivity index (χ3n) is 3.44. The molecule has 1 aliphatic heterocycles. The minimum absolute atomic E-state index is 0. The first-order valence-corrected chi connectivity index (χ1v) is 6.78. The molecule has 0 aliphatic carbocycles. The Hall–Kier alpha value is -2.67. The highest BCUT2D eigenvalue weighted by Crippen LogP contribution is 2.23. The second-order valence-electron chi connectivity index (χ2n) is 5.07. The van der Waals surface area contributed by atoms with Gasteiger partial charge in [-0.2, -0.15) is 0 Å². The van der Waals surface area contributed by atoms with Gasteiger partial charge in [-0.25, -0.2) is 14.8 Å². The van der Waals surface area contributed by atoms with E-state index in [1.165, 1.54) is 11.1 Å². The lowest BCUT2D eigenvalue weighted by molar-refractivity contribution is -0.125. The maximum absolute atomic E-state index is 11.9. The summed E-state index contributed by atoms with van der Waals surface area (Å²) in [6.45, 7) is 0.126. The van der Waals surface area contributed by atoms with Crippen molar-refractivity contribution >= 4 is 30.0 Å². The van der Waals surface area contributed by atoms with Crippen molar-refractivity contribution in [2.24, 2.45) is 0 Å². The minimum Gasteiger partial charge on any atom is -0.396 e. The molecule has 1 fully saturated rings. The monoisotopic (exact) mass is 333 g/mol. The number of nitrogens with zero attached hydrogens (tertiary/aromatic N) is 4. The molecule has 1 aliphatic rings. The highest BCUT2D eigenvalue weighted by atomic mass is 35.5. The Morgan fingerprint density at radius 3 is 2.52 bits per heavy atom. The smallest absolute Gasteiger partial charge is 0.327 e. The molecule has 0 bridgehead atoms. The molecule has 23 heavy (non-hydrogen) atoms. The zero-order valence-electron chi connectivity index (χ0n) is 12.5. The topological polar surface area (TPSA) is 92.4 Å². The van der Waals surface area contributed by atoms with Crippen molar-refractivity contribution in [1.29, 1.82) is 0 Å². The van der Waals surface area contributed by atoms with Gasteiger partial charge in [0.05, 0.1) is 24.1 Å². The summed E-state index contributed by atoms with van der Waals surface area (Å²) in [5, 5.41) is 0. The van der Waals surface area contributed by atoms with Gasteiger partial charge in [-0.05, 0) is 0 Å². The molecule has 1 saturated heterocycles. The number of halogens is 1. The lowest BCUT2D eigenvalue weighted by atomic mass is 10.1. The summed E-state index contributed by atoms with van der Waals surface area (Å²) >= 11 is 0. The molecule has 0 saturated carbocycles. The number of amides is 3. The van der Waals surface area contributed by atoms with Crippen LogP contribution in [0.4, 0.5) is 10.5 Å². The molecule has 2 N–H and O–H groups in total. The number of rotatable bonds is 3. The average Bonchev–Trinajstić information content (AvgIpc) is 2.76. The maximum atomic E-state index is 11.9. The van der Waals surface area contributed by atoms with E-state index in [-0.39, 0.29) is 37.4 Å². The SMILES string of the molecule is CN1CC(=O)N(Cc2ncc(N)c(-c3ccccc3)n2)C1=O.Cl. The van der Waals surface area contributed by atoms with Crippen LogP contribution < -0.4 is 5.73 Å². The molecule has 0 unspecified atom stereocenters. The van der Waals surface area contributed by atoms with E-state index in [4.69, 9.17) is 5.73 Å². The van der Waals surface area contributed by atoms with E-state index >= 15 is 0 Å². The third kappa shape index (κ3) is 3.24. The predicted octanol–water partition coefficient (Wildman–Crippen LogP) is 1.54. The van der Waals surface area contributed by atoms with Crippen LogP contribution in [0.5, 0.6) is 0 Å². The van der Waals surface area contributed by atoms with Crippen molar-refractivity contribution < 1.29 is 9.59 Å². The summed E-state index contributed by atoms with van der Waals surface area (Å²) in [6.07, 6.45) is 1.50. The van der Waals surface area contributed by atoms with Crippen molar-refractivity contribution in [3.05, 3.63) is 42.4 Å². The van der Waals surface area contributed by atoms with E-state index in [2.05, 4.69) is 9.97 Å². The van der Waals surface area contributed by atoms with Gasteiger partial charge in [0.1, 0.15) is 12.4 Å². The van der Waals surface area contributed by atoms with Crippen LogP contribution in [0.25, 0.3) is 11.3 Å². The van der Waals surface area contributed by atoms with Gasteiger partial charge >= 0.3 is 6.03 Å². The number of benzene rings is 1. The quantitative estimate of drug-likeness (QED) is 0.860. The van der Waals surface area contributed by atoms with Gasteiger partial charge in [-0.1, -0.05) is 30.3 Å². The Labute approximate surface area is 139 Å². The van der Waals surface area contributed by atoms with Crippen molar-refractivity contribution in [2.75, 3.05) is 19.3 Å². The van der Waals surface area contributed by atoms with E-state index in [1.54, 1.807) is 7.05 Å². The van der Waals surface area contributed by atoms with Gasteiger partial charge < -0.3 is 10.6 Å². The van der Waals surface area contributed by atoms with Gasteiger partial charge in [-0.15, -0.1) is 12.4 Å². The van der Waals surface area contributed by atoms with Gasteiger partial charge in [0.15, 0.2) is 0 Å². The second kappa shape index (κ2) is 6.62. The van der Waals surface area contributed by atoms with Crippen molar-refractivity contribution in [3.8, 4) is 11.3 Å². The Kier molecular flexibility index (Phi) is 4.80. The molecule has 0 radical (unpaired) electrons. The van der Waals surface area contributed by atoms with Crippen LogP contribution in [0.3, 0.4) is 0 Å². The highest BCUT2D eigenvalue weighted by Gasteiger charge is 2.34. The number of aromatic nitrogens is 2. The van der Waals surface area contributed by atoms with Crippen molar-refractivity contribution in [2.45, 2.75) is 6.54 Å². The van der Waals surface area contributed by atoms with Crippen LogP contribution >= 0.6 is 12.4 Å². The molecule has 3 rings (SSSR count). The molecule has 1 aromatic heterocycles. The zero-order chi connectivity index (χ0) is 15.7. The number of urea groups is 1. The molecule has 120 valence electrons. The fourth-order valence-corrected chi connectivity index (χ4v) is 2.30. The zero-order valence-corrected chi connectivity index (χ0v) is 13.3. The third-order valence-corrected chi connectivity index (χ3v) is 3.44. The van der Waals surface area contributed by atoms with E-state index < -0.39 is 0 Å². The Balaban J connectivity index is 0.00000192. The number of carbonyl (C=O) groups is 2. The first-order chi connectivity index (χ1) is 10.6. The fourth-order valence-electron chi connectivity index (χ4n) is 2.30. The first-order valence-electron chi connectivity index (χ1n) is 6.78. The van der Waals surface area contributed by atoms with E-state index in [0.29, 0.717) is 17.2 Å². The van der Waals surface area contributed by atoms with E-state index in [1.807, 2.05) is 30.3 Å². The number of nitrogens with two attached hydrogens (primary N) is 1. The summed E-state index contributed by atoms with van der Waals surface area (Å²) < 4.78 is 0. The van der Waals surface area contributed by atoms with Crippen molar-refractivity contribution in [1.82, 2.24) is 19.8 Å². The fraction of sp³-hybridized carbons (Fsp3) is 0.200. The second-order valence-corrected chi connectivity index (χ2v) is 5.07. The Morgan fingerprint density at radius 2 is 1.91 bits per heavy atom. The van der Waals surface area contributed by atoms with E-state index in [0.717, 1.165) is 10.5 Å². The molecule has 2 heterocycles. The summed E-state index contributed by atoms with van der Waals surface area (Å²) in [5.74, 6) is 0.124. The molecule has 2 aromatic rings. The predicted molar refractivity (Wildman–Crippen MR) is 87.7 cm³/mol. The lowest BCUT2D eigenvalue weighted by Gasteiger charge is -2.14. The lowest BCUT2D eigenvalue weighted by Crippen LogP contribution is -2.31. The van der Waals surface area contributed by atoms with Crippen LogP contribution in [0.15, 0.2) is 36.5 Å². The number of imide groups is 1. The maximum Gasteiger partial charge on any atom is 0.327 e. The van der Waals surface area contributed by atoms with Gasteiger partial charge in [0.2, 0.25) is 0 Å². The number of carbonyl (C=O) groups excluding carboxylic acids is 2. The van der Waals surface area contributed by atoms with Crippen LogP contribution in [0, 0.1) is 0 Å². The minimum atomic E-state index is -0.341. The first kappa shape index (κ1) is 16.7. The molecule has 3 amide bonds. The van der Waals surface area contributed by atoms with Gasteiger partial charge in [0.25, 0.3) is 5.91 Å². The molecule has 0 atom stereocenters. The molecule has 8 heteroatoms. The normalized spacial score (nSPS) is 14.1. The number of hydrogen-bond acceptors (Lipinski definition) is 5. The van der Waals surface area contributed by atoms with Crippen LogP contribution in [-0.4, -0.2) is 45.3 Å². The van der Waals surface area contributed by atoms with Gasteiger partial charge in [-0.3, -0.25) is 9.69 Å². The number of anilines is 1. The molecule has 7 nitrogen and oxygen atoms in total. The van der Waals surface area contributed by atoms with Crippen LogP contribution in [0.1, 0.15) is 5.82 Å². The molecular formula is C15H16ClN5O2. The van der Waals surface area contributed by atoms with Gasteiger partial charge in [0, 0.05) is 12.6 Å². The summed E-state index contributed by atoms with van der Waals surface area (Å²) in [5.41, 5.74) is 7.83. The number of nitrogen functional groups attached to an aromatic ring is 1. The van der Waals surface area contributed by atoms with E-state index in [9.17, 15) is 9.59 Å².